The lowest BCUT2D eigenvalue weighted by molar-refractivity contribution is -0.142. The van der Waals surface area contributed by atoms with Gasteiger partial charge in [-0.15, -0.1) is 0 Å². The van der Waals surface area contributed by atoms with Crippen molar-refractivity contribution in [2.24, 2.45) is 4.99 Å². The lowest BCUT2D eigenvalue weighted by atomic mass is 9.77. The summed E-state index contributed by atoms with van der Waals surface area (Å²) in [6, 6.07) is 30.8. The summed E-state index contributed by atoms with van der Waals surface area (Å²) in [4.78, 5) is 50.4. The summed E-state index contributed by atoms with van der Waals surface area (Å²) in [5, 5.41) is 6.26. The van der Waals surface area contributed by atoms with Crippen LogP contribution < -0.4 is 15.4 Å². The molecule has 1 heterocycles. The highest BCUT2D eigenvalue weighted by molar-refractivity contribution is 5.93. The van der Waals surface area contributed by atoms with Crippen LogP contribution in [0.5, 0.6) is 5.75 Å². The van der Waals surface area contributed by atoms with Crippen LogP contribution in [0.3, 0.4) is 0 Å². The SMILES string of the molecule is CCCCCCCCCO/C=N/[C@@H](Cc1c[nH]c2ccccc12)C(=O)N[C@@H](CC(=O)NC(c1ccccc1)(c1ccccc1)c1ccccc1)C(=O)Oc1c(F)c(F)c(F)c(F)c1F. The maximum atomic E-state index is 14.9. The van der Waals surface area contributed by atoms with E-state index < -0.39 is 76.7 Å². The molecule has 3 N–H and O–H groups in total. The second-order valence-corrected chi connectivity index (χ2v) is 15.3. The standard InChI is InChI=1S/C50H49F5N4O5/c1-2-3-4-5-6-7-19-28-63-32-57-39(29-33-31-56-38-27-18-17-26-37(33)38)48(61)58-40(49(62)64-47-45(54)43(52)42(51)44(53)46(47)55)30-41(60)59-50(34-20-11-8-12-21-34,35-22-13-9-14-23-35)36-24-15-10-16-25-36/h8-18,20-27,31-32,39-40,56H,2-7,19,28-30H2,1H3,(H,58,61)(H,59,60)/b57-32+/t39-,40-/m0/s1. The Kier molecular flexibility index (Phi) is 16.4. The predicted molar refractivity (Wildman–Crippen MR) is 234 cm³/mol. The fourth-order valence-corrected chi connectivity index (χ4v) is 7.57. The summed E-state index contributed by atoms with van der Waals surface area (Å²) in [6.45, 7) is 2.47. The molecule has 6 rings (SSSR count). The highest BCUT2D eigenvalue weighted by Crippen LogP contribution is 2.37. The van der Waals surface area contributed by atoms with Gasteiger partial charge in [-0.05, 0) is 34.7 Å². The number of aliphatic imine (C=N–C) groups is 1. The Morgan fingerprint density at radius 2 is 1.20 bits per heavy atom. The number of ether oxygens (including phenoxy) is 2. The predicted octanol–water partition coefficient (Wildman–Crippen LogP) is 10.2. The minimum absolute atomic E-state index is 0.0438. The number of amides is 2. The van der Waals surface area contributed by atoms with E-state index in [0.717, 1.165) is 55.8 Å². The van der Waals surface area contributed by atoms with E-state index in [1.165, 1.54) is 6.42 Å². The van der Waals surface area contributed by atoms with Gasteiger partial charge >= 0.3 is 5.97 Å². The number of para-hydroxylation sites is 1. The fraction of sp³-hybridized carbons (Fsp3) is 0.280. The van der Waals surface area contributed by atoms with Crippen LogP contribution in [-0.2, 0) is 31.1 Å². The van der Waals surface area contributed by atoms with E-state index in [9.17, 15) is 36.3 Å². The van der Waals surface area contributed by atoms with Gasteiger partial charge in [0.1, 0.15) is 17.6 Å². The van der Waals surface area contributed by atoms with E-state index in [-0.39, 0.29) is 6.42 Å². The van der Waals surface area contributed by atoms with Gasteiger partial charge < -0.3 is 25.1 Å². The molecule has 9 nitrogen and oxygen atoms in total. The zero-order valence-electron chi connectivity index (χ0n) is 35.2. The van der Waals surface area contributed by atoms with E-state index in [4.69, 9.17) is 9.47 Å². The van der Waals surface area contributed by atoms with Crippen molar-refractivity contribution < 1.29 is 45.8 Å². The van der Waals surface area contributed by atoms with Crippen LogP contribution in [0.15, 0.2) is 126 Å². The Balaban J connectivity index is 1.33. The van der Waals surface area contributed by atoms with Gasteiger partial charge in [-0.25, -0.2) is 23.0 Å². The molecule has 0 radical (unpaired) electrons. The molecule has 334 valence electrons. The van der Waals surface area contributed by atoms with Crippen LogP contribution >= 0.6 is 0 Å². The molecule has 64 heavy (non-hydrogen) atoms. The molecule has 6 aromatic rings. The number of halogens is 5. The van der Waals surface area contributed by atoms with Crippen molar-refractivity contribution in [1.82, 2.24) is 15.6 Å². The molecule has 14 heteroatoms. The van der Waals surface area contributed by atoms with E-state index in [1.807, 2.05) is 24.3 Å². The number of rotatable bonds is 22. The van der Waals surface area contributed by atoms with Crippen molar-refractivity contribution in [3.8, 4) is 5.75 Å². The smallest absolute Gasteiger partial charge is 0.334 e. The monoisotopic (exact) mass is 880 g/mol. The summed E-state index contributed by atoms with van der Waals surface area (Å²) >= 11 is 0. The first-order valence-corrected chi connectivity index (χ1v) is 21.2. The summed E-state index contributed by atoms with van der Waals surface area (Å²) in [6.07, 6.45) is 9.19. The van der Waals surface area contributed by atoms with Gasteiger partial charge in [-0.1, -0.05) is 155 Å². The largest absolute Gasteiger partial charge is 0.483 e. The molecule has 1 aromatic heterocycles. The number of aromatic amines is 1. The molecule has 0 unspecified atom stereocenters. The first-order chi connectivity index (χ1) is 31.0. The average molecular weight is 881 g/mol. The van der Waals surface area contributed by atoms with Crippen molar-refractivity contribution in [1.29, 1.82) is 0 Å². The molecule has 0 bridgehead atoms. The van der Waals surface area contributed by atoms with Crippen molar-refractivity contribution in [2.45, 2.75) is 82.3 Å². The second-order valence-electron chi connectivity index (χ2n) is 15.3. The molecule has 5 aromatic carbocycles. The lowest BCUT2D eigenvalue weighted by Gasteiger charge is -2.37. The van der Waals surface area contributed by atoms with Crippen molar-refractivity contribution >= 4 is 35.1 Å². The molecule has 0 saturated heterocycles. The van der Waals surface area contributed by atoms with Crippen LogP contribution in [0.25, 0.3) is 10.9 Å². The molecular formula is C50H49F5N4O5. The number of nitrogens with one attached hydrogen (secondary N) is 3. The number of hydrogen-bond acceptors (Lipinski definition) is 6. The Morgan fingerprint density at radius 3 is 1.78 bits per heavy atom. The number of benzene rings is 5. The van der Waals surface area contributed by atoms with Gasteiger partial charge in [0.2, 0.25) is 46.6 Å². The zero-order valence-corrected chi connectivity index (χ0v) is 35.2. The van der Waals surface area contributed by atoms with Gasteiger partial charge in [0, 0.05) is 23.5 Å². The van der Waals surface area contributed by atoms with Crippen LogP contribution in [0.2, 0.25) is 0 Å². The third kappa shape index (κ3) is 11.2. The van der Waals surface area contributed by atoms with Gasteiger partial charge in [0.25, 0.3) is 0 Å². The number of nitrogens with zero attached hydrogens (tertiary/aromatic N) is 1. The zero-order chi connectivity index (χ0) is 45.5. The first kappa shape index (κ1) is 46.7. The number of fused-ring (bicyclic) bond motifs is 1. The van der Waals surface area contributed by atoms with Gasteiger partial charge in [0.05, 0.1) is 13.0 Å². The van der Waals surface area contributed by atoms with Crippen LogP contribution in [-0.4, -0.2) is 47.9 Å². The first-order valence-electron chi connectivity index (χ1n) is 21.2. The molecule has 0 spiro atoms. The summed E-state index contributed by atoms with van der Waals surface area (Å²) in [5.41, 5.74) is 1.85. The number of hydrogen-bond donors (Lipinski definition) is 3. The minimum atomic E-state index is -2.47. The third-order valence-corrected chi connectivity index (χ3v) is 10.9. The van der Waals surface area contributed by atoms with Crippen LogP contribution in [0.1, 0.15) is 80.5 Å². The summed E-state index contributed by atoms with van der Waals surface area (Å²) in [5.74, 6) is -17.4. The van der Waals surface area contributed by atoms with Crippen LogP contribution in [0, 0.1) is 29.1 Å². The molecule has 2 amide bonds. The number of carbonyl (C=O) groups excluding carboxylic acids is 3. The molecule has 0 aliphatic carbocycles. The quantitative estimate of drug-likeness (QED) is 0.00722. The van der Waals surface area contributed by atoms with Gasteiger partial charge in [-0.3, -0.25) is 9.59 Å². The molecule has 0 fully saturated rings. The van der Waals surface area contributed by atoms with Crippen molar-refractivity contribution in [2.75, 3.05) is 6.61 Å². The number of aromatic nitrogens is 1. The highest BCUT2D eigenvalue weighted by atomic mass is 19.2. The Bertz CT molecular complexity index is 2390. The lowest BCUT2D eigenvalue weighted by Crippen LogP contribution is -2.53. The number of esters is 1. The average Bonchev–Trinajstić information content (AvgIpc) is 3.74. The summed E-state index contributed by atoms with van der Waals surface area (Å²) in [7, 11) is 0. The Morgan fingerprint density at radius 1 is 0.688 bits per heavy atom. The molecule has 0 aliphatic heterocycles. The Labute approximate surface area is 368 Å². The third-order valence-electron chi connectivity index (χ3n) is 10.9. The van der Waals surface area contributed by atoms with E-state index in [0.29, 0.717) is 28.9 Å². The maximum absolute atomic E-state index is 14.9. The van der Waals surface area contributed by atoms with E-state index >= 15 is 0 Å². The second kappa shape index (κ2) is 22.5. The molecular weight excluding hydrogens is 832 g/mol. The highest BCUT2D eigenvalue weighted by Gasteiger charge is 2.40. The number of H-pyrrole nitrogens is 1. The van der Waals surface area contributed by atoms with Crippen molar-refractivity contribution in [3.63, 3.8) is 0 Å². The van der Waals surface area contributed by atoms with Gasteiger partial charge in [-0.2, -0.15) is 8.78 Å². The maximum Gasteiger partial charge on any atom is 0.334 e. The number of unbranched alkanes of at least 4 members (excludes halogenated alkanes) is 6. The van der Waals surface area contributed by atoms with Crippen molar-refractivity contribution in [3.05, 3.63) is 173 Å². The van der Waals surface area contributed by atoms with Gasteiger partial charge in [0.15, 0.2) is 6.40 Å². The number of carbonyl (C=O) groups is 3. The van der Waals surface area contributed by atoms with Crippen LogP contribution in [0.4, 0.5) is 22.0 Å². The Hall–Kier alpha value is -6.83. The topological polar surface area (TPSA) is 122 Å². The molecule has 2 atom stereocenters. The molecule has 0 aliphatic rings. The van der Waals surface area contributed by atoms with E-state index in [1.54, 1.807) is 97.2 Å². The fourth-order valence-electron chi connectivity index (χ4n) is 7.57. The normalized spacial score (nSPS) is 12.5. The van der Waals surface area contributed by atoms with E-state index in [2.05, 4.69) is 27.5 Å². The molecule has 0 saturated carbocycles. The summed E-state index contributed by atoms with van der Waals surface area (Å²) < 4.78 is 83.0. The minimum Gasteiger partial charge on any atom is -0.483 e.